The van der Waals surface area contributed by atoms with Gasteiger partial charge in [-0.2, -0.15) is 8.42 Å². The van der Waals surface area contributed by atoms with E-state index < -0.39 is 10.1 Å². The average Bonchev–Trinajstić information content (AvgIpc) is 3.38. The first-order valence-corrected chi connectivity index (χ1v) is 11.0. The molecule has 3 aromatic rings. The number of fused-ring (bicyclic) bond motifs is 1. The van der Waals surface area contributed by atoms with Crippen molar-refractivity contribution in [3.05, 3.63) is 48.4 Å². The lowest BCUT2D eigenvalue weighted by Gasteiger charge is -2.16. The first-order valence-electron chi connectivity index (χ1n) is 9.58. The maximum absolute atomic E-state index is 12.4. The molecule has 2 atom stereocenters. The largest absolute Gasteiger partial charge is 0.352 e. The van der Waals surface area contributed by atoms with Crippen molar-refractivity contribution in [2.75, 3.05) is 19.0 Å². The van der Waals surface area contributed by atoms with E-state index in [1.807, 2.05) is 23.8 Å². The lowest BCUT2D eigenvalue weighted by atomic mass is 10.2. The van der Waals surface area contributed by atoms with Gasteiger partial charge < -0.3 is 14.6 Å². The van der Waals surface area contributed by atoms with Gasteiger partial charge in [0.15, 0.2) is 0 Å². The number of ether oxygens (including phenoxy) is 1. The number of nitrogens with one attached hydrogen (secondary N) is 1. The van der Waals surface area contributed by atoms with Gasteiger partial charge in [-0.15, -0.1) is 0 Å². The second-order valence-electron chi connectivity index (χ2n) is 7.06. The Morgan fingerprint density at radius 1 is 1.27 bits per heavy atom. The molecule has 1 N–H and O–H groups in total. The molecular weight excluding hydrogens is 406 g/mol. The lowest BCUT2D eigenvalue weighted by molar-refractivity contribution is -0.0146. The molecule has 9 nitrogen and oxygen atoms in total. The van der Waals surface area contributed by atoms with E-state index in [4.69, 9.17) is 8.92 Å². The monoisotopic (exact) mass is 429 g/mol. The molecule has 0 spiro atoms. The predicted molar refractivity (Wildman–Crippen MR) is 113 cm³/mol. The fourth-order valence-corrected chi connectivity index (χ4v) is 4.33. The molecule has 0 saturated carbocycles. The highest BCUT2D eigenvalue weighted by Gasteiger charge is 2.29. The molecule has 1 fully saturated rings. The van der Waals surface area contributed by atoms with E-state index in [0.717, 1.165) is 23.0 Å². The minimum atomic E-state index is -3.81. The molecule has 10 heteroatoms. The van der Waals surface area contributed by atoms with Crippen molar-refractivity contribution in [1.82, 2.24) is 14.5 Å². The van der Waals surface area contributed by atoms with Gasteiger partial charge in [0, 0.05) is 13.2 Å². The van der Waals surface area contributed by atoms with Crippen LogP contribution in [0, 0.1) is 6.92 Å². The van der Waals surface area contributed by atoms with E-state index in [0.29, 0.717) is 12.2 Å². The van der Waals surface area contributed by atoms with Crippen LogP contribution >= 0.6 is 0 Å². The average molecular weight is 430 g/mol. The second kappa shape index (κ2) is 8.50. The van der Waals surface area contributed by atoms with Crippen LogP contribution in [0.25, 0.3) is 11.0 Å². The fourth-order valence-electron chi connectivity index (χ4n) is 3.40. The third kappa shape index (κ3) is 4.20. The fraction of sp³-hybridized carbons (Fsp3) is 0.350. The number of hydrogen-bond donors (Lipinski definition) is 1. The van der Waals surface area contributed by atoms with Crippen molar-refractivity contribution in [1.29, 1.82) is 0 Å². The first-order chi connectivity index (χ1) is 14.5. The van der Waals surface area contributed by atoms with E-state index in [9.17, 15) is 8.42 Å². The highest BCUT2D eigenvalue weighted by atomic mass is 32.2. The van der Waals surface area contributed by atoms with Crippen LogP contribution in [0.3, 0.4) is 0 Å². The molecule has 3 heterocycles. The van der Waals surface area contributed by atoms with Gasteiger partial charge in [0.2, 0.25) is 0 Å². The van der Waals surface area contributed by atoms with Crippen molar-refractivity contribution < 1.29 is 17.3 Å². The summed E-state index contributed by atoms with van der Waals surface area (Å²) in [6.07, 6.45) is 5.78. The van der Waals surface area contributed by atoms with Gasteiger partial charge in [0.25, 0.3) is 10.1 Å². The molecule has 1 aliphatic rings. The van der Waals surface area contributed by atoms with Gasteiger partial charge in [-0.3, -0.25) is 9.18 Å². The van der Waals surface area contributed by atoms with Crippen LogP contribution in [0.5, 0.6) is 0 Å². The molecule has 158 valence electrons. The van der Waals surface area contributed by atoms with Crippen molar-refractivity contribution in [3.63, 3.8) is 0 Å². The van der Waals surface area contributed by atoms with Gasteiger partial charge in [0.05, 0.1) is 29.3 Å². The van der Waals surface area contributed by atoms with Crippen LogP contribution in [0.4, 0.5) is 5.82 Å². The van der Waals surface area contributed by atoms with E-state index in [-0.39, 0.29) is 23.8 Å². The van der Waals surface area contributed by atoms with Crippen LogP contribution in [-0.4, -0.2) is 49.0 Å². The van der Waals surface area contributed by atoms with Crippen LogP contribution in [0.15, 0.2) is 52.7 Å². The standard InChI is InChI=1S/C20H23N5O4S/c1-14-3-6-16(7-4-14)30(26,27)28-11-15-5-8-18(29-15)25-10-9-17-19(22-12-21-2)23-13-24-20(17)25/h3-4,6-7,9-10,12-13,15,18H,5,8,11H2,1-2H3,(H,21,22,23,24). The number of benzene rings is 1. The second-order valence-corrected chi connectivity index (χ2v) is 8.67. The number of aliphatic imine (C=N–C) groups is 1. The smallest absolute Gasteiger partial charge is 0.297 e. The molecule has 0 bridgehead atoms. The van der Waals surface area contributed by atoms with Gasteiger partial charge in [0.1, 0.15) is 24.0 Å². The van der Waals surface area contributed by atoms with Crippen molar-refractivity contribution in [2.24, 2.45) is 4.99 Å². The Labute approximate surface area is 174 Å². The third-order valence-corrected chi connectivity index (χ3v) is 6.25. The van der Waals surface area contributed by atoms with Gasteiger partial charge >= 0.3 is 0 Å². The number of anilines is 1. The lowest BCUT2D eigenvalue weighted by Crippen LogP contribution is -2.19. The Morgan fingerprint density at radius 2 is 2.07 bits per heavy atom. The normalized spacial score (nSPS) is 19.7. The van der Waals surface area contributed by atoms with Gasteiger partial charge in [-0.05, 0) is 38.0 Å². The minimum Gasteiger partial charge on any atom is -0.352 e. The third-order valence-electron chi connectivity index (χ3n) is 4.95. The zero-order chi connectivity index (χ0) is 21.1. The number of hydrogen-bond acceptors (Lipinski definition) is 7. The van der Waals surface area contributed by atoms with Gasteiger partial charge in [-0.1, -0.05) is 17.7 Å². The molecular formula is C20H23N5O4S. The van der Waals surface area contributed by atoms with Crippen LogP contribution < -0.4 is 5.32 Å². The maximum Gasteiger partial charge on any atom is 0.297 e. The first kappa shape index (κ1) is 20.5. The summed E-state index contributed by atoms with van der Waals surface area (Å²) in [5, 5.41) is 3.87. The summed E-state index contributed by atoms with van der Waals surface area (Å²) in [6.45, 7) is 1.87. The Balaban J connectivity index is 1.43. The number of aromatic nitrogens is 3. The van der Waals surface area contributed by atoms with Crippen molar-refractivity contribution in [3.8, 4) is 0 Å². The number of rotatable bonds is 7. The predicted octanol–water partition coefficient (Wildman–Crippen LogP) is 2.89. The van der Waals surface area contributed by atoms with Crippen molar-refractivity contribution in [2.45, 2.75) is 37.0 Å². The zero-order valence-electron chi connectivity index (χ0n) is 16.7. The molecule has 2 aromatic heterocycles. The van der Waals surface area contributed by atoms with E-state index in [1.54, 1.807) is 37.7 Å². The minimum absolute atomic E-state index is 0.0271. The Hall–Kier alpha value is -2.82. The molecule has 4 rings (SSSR count). The van der Waals surface area contributed by atoms with Crippen LogP contribution in [0.1, 0.15) is 24.6 Å². The van der Waals surface area contributed by atoms with E-state index in [1.165, 1.54) is 6.33 Å². The zero-order valence-corrected chi connectivity index (χ0v) is 17.5. The molecule has 0 aliphatic carbocycles. The van der Waals surface area contributed by atoms with E-state index in [2.05, 4.69) is 20.3 Å². The molecule has 30 heavy (non-hydrogen) atoms. The Kier molecular flexibility index (Phi) is 5.80. The van der Waals surface area contributed by atoms with Crippen LogP contribution in [-0.2, 0) is 19.0 Å². The molecule has 0 amide bonds. The molecule has 2 unspecified atom stereocenters. The summed E-state index contributed by atoms with van der Waals surface area (Å²) >= 11 is 0. The highest BCUT2D eigenvalue weighted by Crippen LogP contribution is 2.32. The van der Waals surface area contributed by atoms with E-state index >= 15 is 0 Å². The summed E-state index contributed by atoms with van der Waals surface area (Å²) < 4.78 is 38.0. The molecule has 1 aromatic carbocycles. The maximum atomic E-state index is 12.4. The van der Waals surface area contributed by atoms with Crippen molar-refractivity contribution >= 4 is 33.3 Å². The Morgan fingerprint density at radius 3 is 2.83 bits per heavy atom. The molecule has 1 saturated heterocycles. The topological polar surface area (TPSA) is 108 Å². The van der Waals surface area contributed by atoms with Gasteiger partial charge in [-0.25, -0.2) is 9.97 Å². The summed E-state index contributed by atoms with van der Waals surface area (Å²) in [5.74, 6) is 0.659. The SMILES string of the molecule is CN=CNc1ncnc2c1ccn2C1CCC(COS(=O)(=O)c2ccc(C)cc2)O1. The Bertz CT molecular complexity index is 1160. The number of nitrogens with zero attached hydrogens (tertiary/aromatic N) is 4. The number of aryl methyl sites for hydroxylation is 1. The van der Waals surface area contributed by atoms with Crippen LogP contribution in [0.2, 0.25) is 0 Å². The summed E-state index contributed by atoms with van der Waals surface area (Å²) in [6, 6.07) is 8.49. The highest BCUT2D eigenvalue weighted by molar-refractivity contribution is 7.86. The quantitative estimate of drug-likeness (QED) is 0.349. The summed E-state index contributed by atoms with van der Waals surface area (Å²) in [7, 11) is -2.14. The molecule has 1 aliphatic heterocycles. The summed E-state index contributed by atoms with van der Waals surface area (Å²) in [4.78, 5) is 12.7. The molecule has 0 radical (unpaired) electrons. The summed E-state index contributed by atoms with van der Waals surface area (Å²) in [5.41, 5.74) is 1.72.